The number of halogens is 2. The van der Waals surface area contributed by atoms with Gasteiger partial charge in [0, 0.05) is 37.5 Å². The fourth-order valence-corrected chi connectivity index (χ4v) is 6.56. The second kappa shape index (κ2) is 10.1. The molecule has 214 valence electrons. The molecule has 0 unspecified atom stereocenters. The summed E-state index contributed by atoms with van der Waals surface area (Å²) in [6, 6.07) is 9.95. The van der Waals surface area contributed by atoms with Gasteiger partial charge in [-0.3, -0.25) is 14.7 Å². The van der Waals surface area contributed by atoms with Gasteiger partial charge in [0.2, 0.25) is 10.0 Å². The summed E-state index contributed by atoms with van der Waals surface area (Å²) in [5.41, 5.74) is 0.235. The number of carbonyl (C=O) groups excluding carboxylic acids is 2. The van der Waals surface area contributed by atoms with Gasteiger partial charge in [-0.15, -0.1) is 0 Å². The number of anilines is 2. The van der Waals surface area contributed by atoms with Crippen molar-refractivity contribution in [1.82, 2.24) is 19.1 Å². The van der Waals surface area contributed by atoms with Crippen LogP contribution in [0.25, 0.3) is 0 Å². The van der Waals surface area contributed by atoms with Crippen LogP contribution in [-0.4, -0.2) is 46.4 Å². The number of aryl methyl sites for hydroxylation is 1. The molecular formula is C27H26F2N6O5S. The Morgan fingerprint density at radius 1 is 1.05 bits per heavy atom. The molecule has 11 nitrogen and oxygen atoms in total. The summed E-state index contributed by atoms with van der Waals surface area (Å²) in [6.07, 6.45) is 1.71. The number of fused-ring (bicyclic) bond motifs is 1. The van der Waals surface area contributed by atoms with Crippen LogP contribution in [0.3, 0.4) is 0 Å². The van der Waals surface area contributed by atoms with Crippen molar-refractivity contribution in [3.63, 3.8) is 0 Å². The molecule has 2 amide bonds. The number of amides is 2. The zero-order chi connectivity index (χ0) is 29.7. The summed E-state index contributed by atoms with van der Waals surface area (Å²) in [5.74, 6) is -2.66. The van der Waals surface area contributed by atoms with Crippen LogP contribution in [0.2, 0.25) is 0 Å². The Kier molecular flexibility index (Phi) is 6.91. The maximum Gasteiger partial charge on any atom is 0.272 e. The number of aromatic nitrogens is 3. The largest absolute Gasteiger partial charge is 0.497 e. The minimum atomic E-state index is -4.35. The van der Waals surface area contributed by atoms with Crippen LogP contribution in [0.5, 0.6) is 5.75 Å². The molecule has 0 radical (unpaired) electrons. The molecule has 14 heteroatoms. The zero-order valence-corrected chi connectivity index (χ0v) is 23.3. The summed E-state index contributed by atoms with van der Waals surface area (Å²) in [6.45, 7) is 2.99. The predicted octanol–water partition coefficient (Wildman–Crippen LogP) is 3.98. The van der Waals surface area contributed by atoms with Crippen molar-refractivity contribution in [3.05, 3.63) is 88.9 Å². The van der Waals surface area contributed by atoms with Crippen LogP contribution in [-0.2, 0) is 29.2 Å². The lowest BCUT2D eigenvalue weighted by Gasteiger charge is -2.30. The van der Waals surface area contributed by atoms with Gasteiger partial charge in [0.1, 0.15) is 23.1 Å². The van der Waals surface area contributed by atoms with E-state index in [2.05, 4.69) is 20.8 Å². The highest BCUT2D eigenvalue weighted by Gasteiger charge is 2.48. The van der Waals surface area contributed by atoms with E-state index in [1.807, 2.05) is 0 Å². The molecule has 0 saturated carbocycles. The topological polar surface area (TPSA) is 138 Å². The van der Waals surface area contributed by atoms with Crippen molar-refractivity contribution in [2.75, 3.05) is 17.7 Å². The fraction of sp³-hybridized carbons (Fsp3) is 0.222. The van der Waals surface area contributed by atoms with Gasteiger partial charge in [0.15, 0.2) is 5.82 Å². The molecule has 41 heavy (non-hydrogen) atoms. The molecule has 2 aromatic carbocycles. The van der Waals surface area contributed by atoms with E-state index in [1.165, 1.54) is 19.2 Å². The number of nitrogens with zero attached hydrogens (tertiary/aromatic N) is 3. The van der Waals surface area contributed by atoms with Crippen molar-refractivity contribution in [2.45, 2.75) is 30.8 Å². The van der Waals surface area contributed by atoms with E-state index in [-0.39, 0.29) is 23.6 Å². The molecule has 2 aromatic heterocycles. The van der Waals surface area contributed by atoms with Gasteiger partial charge in [-0.05, 0) is 50.2 Å². The Hall–Kier alpha value is -4.56. The van der Waals surface area contributed by atoms with E-state index in [1.54, 1.807) is 49.9 Å². The maximum absolute atomic E-state index is 13.8. The van der Waals surface area contributed by atoms with Crippen LogP contribution in [0.15, 0.2) is 59.6 Å². The van der Waals surface area contributed by atoms with Gasteiger partial charge in [0.05, 0.1) is 34.5 Å². The lowest BCUT2D eigenvalue weighted by Crippen LogP contribution is -2.40. The van der Waals surface area contributed by atoms with E-state index >= 15 is 0 Å². The average Bonchev–Trinajstić information content (AvgIpc) is 3.59. The lowest BCUT2D eigenvalue weighted by molar-refractivity contribution is 0.101. The highest BCUT2D eigenvalue weighted by molar-refractivity contribution is 7.89. The van der Waals surface area contributed by atoms with Crippen LogP contribution < -0.4 is 15.4 Å². The smallest absolute Gasteiger partial charge is 0.272 e. The normalized spacial score (nSPS) is 14.5. The van der Waals surface area contributed by atoms with Crippen LogP contribution >= 0.6 is 0 Å². The zero-order valence-electron chi connectivity index (χ0n) is 22.5. The van der Waals surface area contributed by atoms with Gasteiger partial charge >= 0.3 is 0 Å². The third-order valence-corrected chi connectivity index (χ3v) is 8.95. The molecule has 3 heterocycles. The highest BCUT2D eigenvalue weighted by Crippen LogP contribution is 2.44. The number of benzene rings is 2. The van der Waals surface area contributed by atoms with Crippen molar-refractivity contribution >= 4 is 33.3 Å². The second-order valence-corrected chi connectivity index (χ2v) is 11.8. The van der Waals surface area contributed by atoms with E-state index in [0.717, 1.165) is 16.4 Å². The van der Waals surface area contributed by atoms with Gasteiger partial charge in [-0.25, -0.2) is 17.2 Å². The summed E-state index contributed by atoms with van der Waals surface area (Å²) in [5, 5.41) is 12.4. The third kappa shape index (κ3) is 4.95. The van der Waals surface area contributed by atoms with Crippen LogP contribution in [0, 0.1) is 11.6 Å². The molecule has 0 fully saturated rings. The molecule has 0 aliphatic carbocycles. The highest BCUT2D eigenvalue weighted by atomic mass is 32.2. The number of nitrogens with one attached hydrogen (secondary N) is 3. The second-order valence-electron chi connectivity index (χ2n) is 9.93. The molecule has 0 bridgehead atoms. The summed E-state index contributed by atoms with van der Waals surface area (Å²) >= 11 is 0. The first kappa shape index (κ1) is 28.0. The number of carbonyl (C=O) groups is 2. The molecule has 0 atom stereocenters. The van der Waals surface area contributed by atoms with Gasteiger partial charge < -0.3 is 19.9 Å². The maximum atomic E-state index is 13.8. The first-order chi connectivity index (χ1) is 19.3. The van der Waals surface area contributed by atoms with Crippen molar-refractivity contribution < 1.29 is 31.5 Å². The molecule has 1 aliphatic heterocycles. The van der Waals surface area contributed by atoms with E-state index < -0.39 is 43.9 Å². The number of sulfonamides is 1. The number of methoxy groups -OCH3 is 1. The Morgan fingerprint density at radius 2 is 1.76 bits per heavy atom. The Bertz CT molecular complexity index is 1780. The Morgan fingerprint density at radius 3 is 2.39 bits per heavy atom. The number of ether oxygens (including phenoxy) is 1. The van der Waals surface area contributed by atoms with E-state index in [4.69, 9.17) is 4.74 Å². The van der Waals surface area contributed by atoms with Gasteiger partial charge in [-0.2, -0.15) is 9.40 Å². The van der Waals surface area contributed by atoms with E-state index in [9.17, 15) is 26.8 Å². The van der Waals surface area contributed by atoms with Crippen molar-refractivity contribution in [3.8, 4) is 5.75 Å². The fourth-order valence-electron chi connectivity index (χ4n) is 4.79. The molecule has 3 N–H and O–H groups in total. The molecular weight excluding hydrogens is 558 g/mol. The number of H-pyrrole nitrogens is 1. The first-order valence-electron chi connectivity index (χ1n) is 12.3. The first-order valence-corrected chi connectivity index (χ1v) is 13.8. The minimum Gasteiger partial charge on any atom is -0.497 e. The average molecular weight is 585 g/mol. The molecule has 0 spiro atoms. The Labute approximate surface area is 234 Å². The summed E-state index contributed by atoms with van der Waals surface area (Å²) in [4.78, 5) is 25.8. The number of aromatic amines is 1. The van der Waals surface area contributed by atoms with Crippen LogP contribution in [0.4, 0.5) is 20.3 Å². The SMILES string of the molecule is COc1ccc(C(=O)Nc2n[nH]c3c2CN(S(=O)(=O)c2cc(F)cc(F)c2)C3(C)C)c(NC(=O)c2cccn2C)c1. The van der Waals surface area contributed by atoms with Crippen LogP contribution in [0.1, 0.15) is 46.0 Å². The monoisotopic (exact) mass is 584 g/mol. The van der Waals surface area contributed by atoms with Crippen molar-refractivity contribution in [1.29, 1.82) is 0 Å². The van der Waals surface area contributed by atoms with Crippen molar-refractivity contribution in [2.24, 2.45) is 7.05 Å². The Balaban J connectivity index is 1.44. The number of rotatable bonds is 7. The minimum absolute atomic E-state index is 0.0664. The van der Waals surface area contributed by atoms with Gasteiger partial charge in [0.25, 0.3) is 11.8 Å². The van der Waals surface area contributed by atoms with E-state index in [0.29, 0.717) is 28.8 Å². The summed E-state index contributed by atoms with van der Waals surface area (Å²) < 4.78 is 62.5. The predicted molar refractivity (Wildman–Crippen MR) is 145 cm³/mol. The standard InChI is InChI=1S/C27H26F2N6O5S/c1-27(2)23-20(14-35(27)41(38,39)18-11-15(28)10-16(29)12-18)24(33-32-23)31-25(36)19-8-7-17(40-4)13-21(19)30-26(37)22-6-5-9-34(22)3/h5-13H,14H2,1-4H3,(H,30,37)(H2,31,32,33,36). The molecule has 5 rings (SSSR count). The number of hydrogen-bond acceptors (Lipinski definition) is 6. The quantitative estimate of drug-likeness (QED) is 0.301. The third-order valence-electron chi connectivity index (χ3n) is 6.96. The van der Waals surface area contributed by atoms with Gasteiger partial charge in [-0.1, -0.05) is 0 Å². The molecule has 1 aliphatic rings. The molecule has 4 aromatic rings. The summed E-state index contributed by atoms with van der Waals surface area (Å²) in [7, 11) is -1.19. The lowest BCUT2D eigenvalue weighted by atomic mass is 10.0. The molecule has 0 saturated heterocycles. The number of hydrogen-bond donors (Lipinski definition) is 3.